The van der Waals surface area contributed by atoms with Crippen molar-refractivity contribution in [1.82, 2.24) is 14.8 Å². The largest absolute Gasteiger partial charge is 0.390 e. The van der Waals surface area contributed by atoms with Crippen LogP contribution in [0.2, 0.25) is 0 Å². The lowest BCUT2D eigenvalue weighted by Crippen LogP contribution is -2.39. The van der Waals surface area contributed by atoms with E-state index < -0.39 is 6.10 Å². The van der Waals surface area contributed by atoms with Crippen LogP contribution in [0.3, 0.4) is 0 Å². The molecule has 0 saturated carbocycles. The fourth-order valence-electron chi connectivity index (χ4n) is 2.71. The molecule has 1 aromatic carbocycles. The zero-order chi connectivity index (χ0) is 15.5. The summed E-state index contributed by atoms with van der Waals surface area (Å²) < 4.78 is 1.80. The summed E-state index contributed by atoms with van der Waals surface area (Å²) >= 11 is 0. The van der Waals surface area contributed by atoms with Gasteiger partial charge in [0, 0.05) is 0 Å². The van der Waals surface area contributed by atoms with Crippen molar-refractivity contribution in [2.45, 2.75) is 46.3 Å². The molecule has 0 bridgehead atoms. The Morgan fingerprint density at radius 1 is 1.19 bits per heavy atom. The summed E-state index contributed by atoms with van der Waals surface area (Å²) in [6.45, 7) is 8.32. The first-order valence-corrected chi connectivity index (χ1v) is 7.45. The predicted octanol–water partition coefficient (Wildman–Crippen LogP) is 3.11. The van der Waals surface area contributed by atoms with Gasteiger partial charge in [0.15, 0.2) is 0 Å². The molecule has 0 saturated heterocycles. The van der Waals surface area contributed by atoms with Crippen LogP contribution in [-0.4, -0.2) is 26.0 Å². The van der Waals surface area contributed by atoms with Crippen LogP contribution >= 0.6 is 0 Å². The van der Waals surface area contributed by atoms with Crippen LogP contribution in [-0.2, 0) is 6.42 Å². The number of nitrogens with zero attached hydrogens (tertiary/aromatic N) is 3. The minimum Gasteiger partial charge on any atom is -0.390 e. The summed E-state index contributed by atoms with van der Waals surface area (Å²) in [4.78, 5) is 4.04. The summed E-state index contributed by atoms with van der Waals surface area (Å²) in [5.74, 6) is 0.253. The first-order valence-electron chi connectivity index (χ1n) is 7.45. The average Bonchev–Trinajstić information content (AvgIpc) is 2.92. The van der Waals surface area contributed by atoms with Gasteiger partial charge < -0.3 is 5.11 Å². The number of aliphatic hydroxyl groups is 1. The van der Waals surface area contributed by atoms with Gasteiger partial charge in [-0.2, -0.15) is 5.10 Å². The van der Waals surface area contributed by atoms with Gasteiger partial charge in [0.2, 0.25) is 0 Å². The van der Waals surface area contributed by atoms with E-state index >= 15 is 0 Å². The maximum atomic E-state index is 10.8. The molecule has 114 valence electrons. The van der Waals surface area contributed by atoms with E-state index in [1.807, 2.05) is 18.2 Å². The highest BCUT2D eigenvalue weighted by atomic mass is 16.3. The molecule has 1 aromatic heterocycles. The van der Waals surface area contributed by atoms with Gasteiger partial charge in [-0.1, -0.05) is 58.0 Å². The zero-order valence-corrected chi connectivity index (χ0v) is 13.3. The van der Waals surface area contributed by atoms with E-state index in [0.717, 1.165) is 6.42 Å². The van der Waals surface area contributed by atoms with Gasteiger partial charge in [-0.15, -0.1) is 0 Å². The summed E-state index contributed by atoms with van der Waals surface area (Å²) in [6, 6.07) is 10.3. The van der Waals surface area contributed by atoms with Gasteiger partial charge in [-0.05, 0) is 23.3 Å². The lowest BCUT2D eigenvalue weighted by molar-refractivity contribution is -0.00713. The molecule has 0 aliphatic heterocycles. The van der Waals surface area contributed by atoms with Crippen molar-refractivity contribution in [3.05, 3.63) is 48.5 Å². The Morgan fingerprint density at radius 3 is 2.38 bits per heavy atom. The van der Waals surface area contributed by atoms with E-state index in [2.05, 4.69) is 49.9 Å². The normalized spacial score (nSPS) is 16.4. The van der Waals surface area contributed by atoms with E-state index in [1.165, 1.54) is 11.9 Å². The Bertz CT molecular complexity index is 531. The van der Waals surface area contributed by atoms with Gasteiger partial charge in [-0.25, -0.2) is 9.67 Å². The SMILES string of the molecule is CC(Cc1ccccc1)C(C(O)C(C)(C)C)n1cncn1. The Labute approximate surface area is 126 Å². The molecule has 2 rings (SSSR count). The van der Waals surface area contributed by atoms with E-state index in [1.54, 1.807) is 11.0 Å². The summed E-state index contributed by atoms with van der Waals surface area (Å²) in [7, 11) is 0. The van der Waals surface area contributed by atoms with Crippen LogP contribution < -0.4 is 0 Å². The van der Waals surface area contributed by atoms with Gasteiger partial charge >= 0.3 is 0 Å². The molecular weight excluding hydrogens is 262 g/mol. The quantitative estimate of drug-likeness (QED) is 0.919. The van der Waals surface area contributed by atoms with Crippen molar-refractivity contribution in [1.29, 1.82) is 0 Å². The minimum absolute atomic E-state index is 0.0901. The maximum Gasteiger partial charge on any atom is 0.137 e. The molecule has 0 radical (unpaired) electrons. The Balaban J connectivity index is 2.23. The molecule has 0 fully saturated rings. The smallest absolute Gasteiger partial charge is 0.137 e. The third-order valence-electron chi connectivity index (χ3n) is 3.94. The van der Waals surface area contributed by atoms with Gasteiger partial charge in [0.25, 0.3) is 0 Å². The molecule has 21 heavy (non-hydrogen) atoms. The Hall–Kier alpha value is -1.68. The predicted molar refractivity (Wildman–Crippen MR) is 83.8 cm³/mol. The van der Waals surface area contributed by atoms with E-state index in [0.29, 0.717) is 0 Å². The molecule has 1 heterocycles. The van der Waals surface area contributed by atoms with Crippen LogP contribution in [0.5, 0.6) is 0 Å². The molecule has 3 unspecified atom stereocenters. The third kappa shape index (κ3) is 3.91. The van der Waals surface area contributed by atoms with Crippen LogP contribution in [0.25, 0.3) is 0 Å². The van der Waals surface area contributed by atoms with Crippen molar-refractivity contribution in [2.75, 3.05) is 0 Å². The highest BCUT2D eigenvalue weighted by Crippen LogP contribution is 2.34. The van der Waals surface area contributed by atoms with Crippen LogP contribution in [0.15, 0.2) is 43.0 Å². The summed E-state index contributed by atoms with van der Waals surface area (Å²) in [5, 5.41) is 15.0. The number of benzene rings is 1. The molecule has 2 aromatic rings. The van der Waals surface area contributed by atoms with Crippen molar-refractivity contribution in [3.8, 4) is 0 Å². The topological polar surface area (TPSA) is 50.9 Å². The lowest BCUT2D eigenvalue weighted by Gasteiger charge is -2.36. The number of hydrogen-bond acceptors (Lipinski definition) is 3. The first-order chi connectivity index (χ1) is 9.89. The fourth-order valence-corrected chi connectivity index (χ4v) is 2.71. The molecule has 1 N–H and O–H groups in total. The lowest BCUT2D eigenvalue weighted by atomic mass is 9.79. The molecule has 4 nitrogen and oxygen atoms in total. The van der Waals surface area contributed by atoms with Gasteiger partial charge in [0.05, 0.1) is 12.1 Å². The number of rotatable bonds is 5. The Kier molecular flexibility index (Phi) is 4.78. The van der Waals surface area contributed by atoms with Crippen molar-refractivity contribution < 1.29 is 5.11 Å². The molecule has 0 amide bonds. The molecular formula is C17H25N3O. The highest BCUT2D eigenvalue weighted by molar-refractivity contribution is 5.15. The van der Waals surface area contributed by atoms with Crippen LogP contribution in [0.1, 0.15) is 39.3 Å². The average molecular weight is 287 g/mol. The number of hydrogen-bond donors (Lipinski definition) is 1. The summed E-state index contributed by atoms with van der Waals surface area (Å²) in [6.07, 6.45) is 3.63. The van der Waals surface area contributed by atoms with E-state index in [4.69, 9.17) is 0 Å². The maximum absolute atomic E-state index is 10.8. The third-order valence-corrected chi connectivity index (χ3v) is 3.94. The van der Waals surface area contributed by atoms with Gasteiger partial charge in [-0.3, -0.25) is 0 Å². The second-order valence-corrected chi connectivity index (χ2v) is 6.84. The van der Waals surface area contributed by atoms with E-state index in [9.17, 15) is 5.11 Å². The highest BCUT2D eigenvalue weighted by Gasteiger charge is 2.35. The first kappa shape index (κ1) is 15.7. The second kappa shape index (κ2) is 6.39. The van der Waals surface area contributed by atoms with Crippen molar-refractivity contribution in [2.24, 2.45) is 11.3 Å². The van der Waals surface area contributed by atoms with Crippen LogP contribution in [0.4, 0.5) is 0 Å². The zero-order valence-electron chi connectivity index (χ0n) is 13.3. The van der Waals surface area contributed by atoms with Crippen LogP contribution in [0, 0.1) is 11.3 Å². The number of aromatic nitrogens is 3. The monoisotopic (exact) mass is 287 g/mol. The van der Waals surface area contributed by atoms with Crippen molar-refractivity contribution in [3.63, 3.8) is 0 Å². The summed E-state index contributed by atoms with van der Waals surface area (Å²) in [5.41, 5.74) is 1.07. The minimum atomic E-state index is -0.488. The molecule has 0 spiro atoms. The Morgan fingerprint density at radius 2 is 1.86 bits per heavy atom. The molecule has 4 heteroatoms. The van der Waals surface area contributed by atoms with E-state index in [-0.39, 0.29) is 17.4 Å². The standard InChI is InChI=1S/C17H25N3O/c1-13(10-14-8-6-5-7-9-14)15(16(21)17(2,3)4)20-12-18-11-19-20/h5-9,11-13,15-16,21H,10H2,1-4H3. The molecule has 0 aliphatic rings. The number of aliphatic hydroxyl groups excluding tert-OH is 1. The molecule has 3 atom stereocenters. The fraction of sp³-hybridized carbons (Fsp3) is 0.529. The van der Waals surface area contributed by atoms with Crippen molar-refractivity contribution >= 4 is 0 Å². The molecule has 0 aliphatic carbocycles. The second-order valence-electron chi connectivity index (χ2n) is 6.84. The van der Waals surface area contributed by atoms with Gasteiger partial charge in [0.1, 0.15) is 12.7 Å².